The minimum atomic E-state index is -3.56. The number of hydrogen-bond acceptors (Lipinski definition) is 6. The molecular formula is C10H12N4O2S2. The molecule has 0 bridgehead atoms. The van der Waals surface area contributed by atoms with Gasteiger partial charge >= 0.3 is 0 Å². The summed E-state index contributed by atoms with van der Waals surface area (Å²) in [4.78, 5) is 8.77. The Morgan fingerprint density at radius 1 is 1.33 bits per heavy atom. The Morgan fingerprint density at radius 2 is 2.11 bits per heavy atom. The van der Waals surface area contributed by atoms with Crippen LogP contribution in [-0.2, 0) is 16.6 Å². The number of pyridine rings is 1. The number of aromatic nitrogens is 2. The molecule has 2 rings (SSSR count). The first-order valence-corrected chi connectivity index (χ1v) is 7.40. The number of nitrogen functional groups attached to an aromatic ring is 1. The smallest absolute Gasteiger partial charge is 0.242 e. The Labute approximate surface area is 109 Å². The van der Waals surface area contributed by atoms with E-state index in [1.165, 1.54) is 29.7 Å². The molecule has 0 unspecified atom stereocenters. The third-order valence-corrected chi connectivity index (χ3v) is 4.47. The molecule has 0 saturated heterocycles. The van der Waals surface area contributed by atoms with Crippen LogP contribution in [0.5, 0.6) is 0 Å². The van der Waals surface area contributed by atoms with Gasteiger partial charge in [-0.1, -0.05) is 0 Å². The predicted molar refractivity (Wildman–Crippen MR) is 69.5 cm³/mol. The van der Waals surface area contributed by atoms with Gasteiger partial charge in [0, 0.05) is 23.8 Å². The largest absolute Gasteiger partial charge is 0.384 e. The summed E-state index contributed by atoms with van der Waals surface area (Å²) in [6.45, 7) is 2.09. The fraction of sp³-hybridized carbons (Fsp3) is 0.200. The Bertz CT molecular complexity index is 634. The van der Waals surface area contributed by atoms with Crippen LogP contribution in [-0.4, -0.2) is 18.4 Å². The van der Waals surface area contributed by atoms with E-state index in [0.29, 0.717) is 0 Å². The van der Waals surface area contributed by atoms with Gasteiger partial charge in [0.15, 0.2) is 0 Å². The van der Waals surface area contributed by atoms with Gasteiger partial charge in [0.2, 0.25) is 10.0 Å². The van der Waals surface area contributed by atoms with E-state index < -0.39 is 10.0 Å². The van der Waals surface area contributed by atoms with E-state index in [1.54, 1.807) is 6.20 Å². The first-order valence-electron chi connectivity index (χ1n) is 5.10. The molecule has 0 atom stereocenters. The van der Waals surface area contributed by atoms with Crippen LogP contribution >= 0.6 is 11.3 Å². The average Bonchev–Trinajstić information content (AvgIpc) is 2.73. The van der Waals surface area contributed by atoms with Crippen molar-refractivity contribution in [2.75, 3.05) is 5.73 Å². The highest BCUT2D eigenvalue weighted by Gasteiger charge is 2.14. The normalized spacial score (nSPS) is 11.6. The van der Waals surface area contributed by atoms with E-state index in [2.05, 4.69) is 14.7 Å². The second kappa shape index (κ2) is 5.01. The van der Waals surface area contributed by atoms with Crippen molar-refractivity contribution in [3.05, 3.63) is 34.4 Å². The quantitative estimate of drug-likeness (QED) is 0.869. The highest BCUT2D eigenvalue weighted by Crippen LogP contribution is 2.13. The summed E-state index contributed by atoms with van der Waals surface area (Å²) in [6.07, 6.45) is 2.89. The van der Waals surface area contributed by atoms with Crippen LogP contribution in [0.3, 0.4) is 0 Å². The zero-order valence-electron chi connectivity index (χ0n) is 9.62. The van der Waals surface area contributed by atoms with Gasteiger partial charge in [-0.2, -0.15) is 0 Å². The van der Waals surface area contributed by atoms with E-state index >= 15 is 0 Å². The number of nitrogens with two attached hydrogens (primary N) is 1. The molecule has 2 aromatic heterocycles. The van der Waals surface area contributed by atoms with Gasteiger partial charge in [0.1, 0.15) is 10.7 Å². The van der Waals surface area contributed by atoms with E-state index in [-0.39, 0.29) is 17.3 Å². The fourth-order valence-corrected chi connectivity index (χ4v) is 3.06. The number of nitrogens with one attached hydrogen (secondary N) is 1. The zero-order valence-corrected chi connectivity index (χ0v) is 11.3. The molecule has 0 aromatic carbocycles. The molecule has 2 heterocycles. The summed E-state index contributed by atoms with van der Waals surface area (Å²) < 4.78 is 26.3. The number of nitrogens with zero attached hydrogens (tertiary/aromatic N) is 2. The molecule has 0 radical (unpaired) electrons. The van der Waals surface area contributed by atoms with Gasteiger partial charge in [-0.05, 0) is 19.1 Å². The van der Waals surface area contributed by atoms with Crippen LogP contribution in [0.15, 0.2) is 29.4 Å². The van der Waals surface area contributed by atoms with Gasteiger partial charge in [-0.3, -0.25) is 0 Å². The maximum Gasteiger partial charge on any atom is 0.242 e. The monoisotopic (exact) mass is 284 g/mol. The summed E-state index contributed by atoms with van der Waals surface area (Å²) in [5.41, 5.74) is 5.40. The minimum absolute atomic E-state index is 0.0953. The van der Waals surface area contributed by atoms with Crippen LogP contribution in [0.4, 0.5) is 5.82 Å². The lowest BCUT2D eigenvalue weighted by molar-refractivity contribution is 0.581. The van der Waals surface area contributed by atoms with Crippen molar-refractivity contribution in [1.29, 1.82) is 0 Å². The summed E-state index contributed by atoms with van der Waals surface area (Å²) in [5.74, 6) is 0.284. The van der Waals surface area contributed by atoms with E-state index in [1.807, 2.05) is 6.92 Å². The fourth-order valence-electron chi connectivity index (χ4n) is 1.29. The second-order valence-corrected chi connectivity index (χ2v) is 6.68. The number of sulfonamides is 1. The number of aryl methyl sites for hydroxylation is 1. The molecule has 18 heavy (non-hydrogen) atoms. The van der Waals surface area contributed by atoms with Crippen LogP contribution in [0.2, 0.25) is 0 Å². The first-order chi connectivity index (χ1) is 8.47. The molecule has 0 aliphatic heterocycles. The van der Waals surface area contributed by atoms with Crippen LogP contribution < -0.4 is 10.5 Å². The Morgan fingerprint density at radius 3 is 2.67 bits per heavy atom. The molecule has 0 aliphatic carbocycles. The molecule has 0 saturated carbocycles. The van der Waals surface area contributed by atoms with Crippen molar-refractivity contribution in [1.82, 2.24) is 14.7 Å². The highest BCUT2D eigenvalue weighted by atomic mass is 32.2. The summed E-state index contributed by atoms with van der Waals surface area (Å²) in [6, 6.07) is 2.87. The second-order valence-electron chi connectivity index (χ2n) is 3.59. The van der Waals surface area contributed by atoms with Gasteiger partial charge in [-0.25, -0.2) is 23.1 Å². The van der Waals surface area contributed by atoms with Gasteiger partial charge < -0.3 is 5.73 Å². The molecule has 0 fully saturated rings. The van der Waals surface area contributed by atoms with Gasteiger partial charge in [-0.15, -0.1) is 11.3 Å². The summed E-state index contributed by atoms with van der Waals surface area (Å²) in [5, 5.41) is 0.901. The number of anilines is 1. The lowest BCUT2D eigenvalue weighted by Crippen LogP contribution is -2.23. The molecule has 6 nitrogen and oxygen atoms in total. The lowest BCUT2D eigenvalue weighted by Gasteiger charge is -2.04. The maximum absolute atomic E-state index is 11.9. The molecule has 2 aromatic rings. The molecule has 0 aliphatic rings. The zero-order chi connectivity index (χ0) is 13.2. The Hall–Kier alpha value is -1.51. The Kier molecular flexibility index (Phi) is 3.60. The topological polar surface area (TPSA) is 98.0 Å². The molecular weight excluding hydrogens is 272 g/mol. The van der Waals surface area contributed by atoms with Crippen LogP contribution in [0, 0.1) is 6.92 Å². The minimum Gasteiger partial charge on any atom is -0.384 e. The molecule has 0 spiro atoms. The third-order valence-electron chi connectivity index (χ3n) is 2.18. The lowest BCUT2D eigenvalue weighted by atomic mass is 10.5. The summed E-state index contributed by atoms with van der Waals surface area (Å²) in [7, 11) is -3.56. The molecule has 8 heteroatoms. The molecule has 0 amide bonds. The van der Waals surface area contributed by atoms with E-state index in [9.17, 15) is 8.42 Å². The number of thiazole rings is 1. The van der Waals surface area contributed by atoms with Gasteiger partial charge in [0.25, 0.3) is 0 Å². The predicted octanol–water partition coefficient (Wildman–Crippen LogP) is 0.907. The van der Waals surface area contributed by atoms with Crippen molar-refractivity contribution in [3.8, 4) is 0 Å². The third kappa shape index (κ3) is 3.03. The van der Waals surface area contributed by atoms with E-state index in [4.69, 9.17) is 5.73 Å². The molecule has 96 valence electrons. The number of rotatable bonds is 4. The van der Waals surface area contributed by atoms with Crippen molar-refractivity contribution in [2.24, 2.45) is 0 Å². The van der Waals surface area contributed by atoms with Gasteiger partial charge in [0.05, 0.1) is 5.01 Å². The Balaban J connectivity index is 2.10. The average molecular weight is 284 g/mol. The standard InChI is InChI=1S/C10H12N4O2S2/c1-7-12-4-8(17-7)5-14-18(15,16)9-2-3-10(11)13-6-9/h2-4,6,14H,5H2,1H3,(H2,11,13). The molecule has 3 N–H and O–H groups in total. The number of hydrogen-bond donors (Lipinski definition) is 2. The SMILES string of the molecule is Cc1ncc(CNS(=O)(=O)c2ccc(N)nc2)s1. The highest BCUT2D eigenvalue weighted by molar-refractivity contribution is 7.89. The van der Waals surface area contributed by atoms with Crippen LogP contribution in [0.25, 0.3) is 0 Å². The first kappa shape index (κ1) is 12.9. The van der Waals surface area contributed by atoms with Crippen molar-refractivity contribution < 1.29 is 8.42 Å². The van der Waals surface area contributed by atoms with Crippen LogP contribution in [0.1, 0.15) is 9.88 Å². The van der Waals surface area contributed by atoms with Crippen molar-refractivity contribution >= 4 is 27.2 Å². The summed E-state index contributed by atoms with van der Waals surface area (Å²) >= 11 is 1.45. The van der Waals surface area contributed by atoms with Crippen molar-refractivity contribution in [3.63, 3.8) is 0 Å². The maximum atomic E-state index is 11.9. The van der Waals surface area contributed by atoms with Crippen molar-refractivity contribution in [2.45, 2.75) is 18.4 Å². The van der Waals surface area contributed by atoms with E-state index in [0.717, 1.165) is 9.88 Å².